The number of hydrogen-bond donors (Lipinski definition) is 4. The van der Waals surface area contributed by atoms with Crippen LogP contribution in [-0.4, -0.2) is 93.9 Å². The number of nitrogens with two attached hydrogens (primary N) is 1. The summed E-state index contributed by atoms with van der Waals surface area (Å²) in [5.74, 6) is -2.65. The first-order valence-corrected chi connectivity index (χ1v) is 20.7. The van der Waals surface area contributed by atoms with Gasteiger partial charge < -0.3 is 31.1 Å². The summed E-state index contributed by atoms with van der Waals surface area (Å²) in [6, 6.07) is 6.75. The van der Waals surface area contributed by atoms with Crippen LogP contribution in [0.2, 0.25) is 0 Å². The van der Waals surface area contributed by atoms with Crippen molar-refractivity contribution < 1.29 is 33.8 Å². The fraction of sp³-hybridized carbons (Fsp3) is 0.659. The van der Waals surface area contributed by atoms with Crippen LogP contribution in [0.3, 0.4) is 0 Å². The maximum atomic E-state index is 14.5. The molecule has 0 saturated carbocycles. The van der Waals surface area contributed by atoms with Crippen molar-refractivity contribution in [3.63, 3.8) is 0 Å². The van der Waals surface area contributed by atoms with E-state index in [2.05, 4.69) is 20.5 Å². The van der Waals surface area contributed by atoms with E-state index in [1.807, 2.05) is 46.9 Å². The van der Waals surface area contributed by atoms with Crippen LogP contribution in [0.4, 0.5) is 10.5 Å². The van der Waals surface area contributed by atoms with Gasteiger partial charge in [0.2, 0.25) is 5.91 Å². The van der Waals surface area contributed by atoms with E-state index in [0.717, 1.165) is 37.7 Å². The van der Waals surface area contributed by atoms with Gasteiger partial charge in [-0.25, -0.2) is 9.78 Å². The van der Waals surface area contributed by atoms with E-state index < -0.39 is 47.5 Å². The van der Waals surface area contributed by atoms with Gasteiger partial charge in [0.15, 0.2) is 11.9 Å². The number of nitrogen functional groups attached to an aromatic ring is 1. The van der Waals surface area contributed by atoms with E-state index in [9.17, 15) is 29.1 Å². The number of aliphatic carboxylic acids is 1. The molecule has 55 heavy (non-hydrogen) atoms. The average Bonchev–Trinajstić information content (AvgIpc) is 3.86. The smallest absolute Gasteiger partial charge is 0.407 e. The zero-order valence-corrected chi connectivity index (χ0v) is 34.6. The van der Waals surface area contributed by atoms with Crippen molar-refractivity contribution in [1.82, 2.24) is 25.4 Å². The molecule has 1 aromatic carbocycles. The molecule has 5 N–H and O–H groups in total. The lowest BCUT2D eigenvalue weighted by Crippen LogP contribution is -2.50. The number of nitrogens with zero attached hydrogens (tertiary/aromatic N) is 3. The number of nitrogens with one attached hydrogen (secondary N) is 2. The third-order valence-electron chi connectivity index (χ3n) is 12.1. The molecule has 3 amide bonds. The quantitative estimate of drug-likeness (QED) is 0.115. The summed E-state index contributed by atoms with van der Waals surface area (Å²) in [6.07, 6.45) is 3.93. The summed E-state index contributed by atoms with van der Waals surface area (Å²) >= 11 is 1.18. The largest absolute Gasteiger partial charge is 0.481 e. The van der Waals surface area contributed by atoms with Gasteiger partial charge in [0.25, 0.3) is 5.91 Å². The Kier molecular flexibility index (Phi) is 15.3. The Balaban J connectivity index is 1.55. The van der Waals surface area contributed by atoms with Gasteiger partial charge in [-0.05, 0) is 82.0 Å². The molecule has 6 atom stereocenters. The Morgan fingerprint density at radius 3 is 2.27 bits per heavy atom. The zero-order chi connectivity index (χ0) is 40.6. The number of ether oxygens (including phenoxy) is 1. The number of carbonyl (C=O) groups excluding carboxylic acids is 4. The molecule has 1 aromatic heterocycles. The average molecular weight is 783 g/mol. The first kappa shape index (κ1) is 43.7. The fourth-order valence-electron chi connectivity index (χ4n) is 8.35. The minimum absolute atomic E-state index is 0.0169. The van der Waals surface area contributed by atoms with Crippen molar-refractivity contribution in [2.75, 3.05) is 26.4 Å². The second-order valence-corrected chi connectivity index (χ2v) is 17.0. The van der Waals surface area contributed by atoms with Gasteiger partial charge in [-0.3, -0.25) is 24.1 Å². The monoisotopic (exact) mass is 782 g/mol. The van der Waals surface area contributed by atoms with Crippen molar-refractivity contribution >= 4 is 46.7 Å². The molecule has 0 unspecified atom stereocenters. The van der Waals surface area contributed by atoms with Crippen LogP contribution < -0.4 is 16.4 Å². The number of Topliss-reactive ketones (excluding diaryl/α,β-unsaturated/α-hetero) is 1. The highest BCUT2D eigenvalue weighted by atomic mass is 32.1. The van der Waals surface area contributed by atoms with Gasteiger partial charge >= 0.3 is 12.1 Å². The van der Waals surface area contributed by atoms with Crippen LogP contribution in [-0.2, 0) is 25.5 Å². The first-order valence-electron chi connectivity index (χ1n) is 19.8. The summed E-state index contributed by atoms with van der Waals surface area (Å²) in [6.45, 7) is 11.8. The number of aromatic nitrogens is 1. The van der Waals surface area contributed by atoms with Gasteiger partial charge in [0, 0.05) is 61.5 Å². The number of likely N-dealkylation sites (N-methyl/N-ethyl adjacent to an activating group) is 1. The molecule has 0 spiro atoms. The van der Waals surface area contributed by atoms with Gasteiger partial charge in [-0.1, -0.05) is 53.2 Å². The van der Waals surface area contributed by atoms with Gasteiger partial charge in [0.05, 0.1) is 11.5 Å². The minimum atomic E-state index is -0.962. The summed E-state index contributed by atoms with van der Waals surface area (Å²) in [7, 11) is 3.81. The number of rotatable bonds is 20. The molecule has 14 heteroatoms. The number of fused-ring (bicyclic) bond motifs is 2. The SMILES string of the molecule is CCNC(=O)O[C@H](C[C@H](C(C)C)N(C)C(=O)[C@@H](CC(=O)C12CCC(CC1)N2C)[C@@H](C)CC)c1nc(C(=O)N[C@@H](Cc2ccc(N)cc2)C[C@H](C)C(=O)O)cs1. The third kappa shape index (κ3) is 10.6. The highest BCUT2D eigenvalue weighted by Crippen LogP contribution is 2.47. The Morgan fingerprint density at radius 1 is 1.07 bits per heavy atom. The number of anilines is 1. The van der Waals surface area contributed by atoms with Gasteiger partial charge in [-0.15, -0.1) is 11.3 Å². The normalized spacial score (nSPS) is 21.3. The van der Waals surface area contributed by atoms with Crippen molar-refractivity contribution in [2.24, 2.45) is 23.7 Å². The molecule has 0 aliphatic carbocycles. The number of thiazole rings is 1. The van der Waals surface area contributed by atoms with Crippen LogP contribution in [0.1, 0.15) is 120 Å². The summed E-state index contributed by atoms with van der Waals surface area (Å²) < 4.78 is 5.93. The number of carboxylic acids is 1. The summed E-state index contributed by atoms with van der Waals surface area (Å²) in [5.41, 5.74) is 6.97. The lowest BCUT2D eigenvalue weighted by atomic mass is 9.77. The molecule has 0 radical (unpaired) electrons. The van der Waals surface area contributed by atoms with Gasteiger partial charge in [0.1, 0.15) is 10.7 Å². The number of ketones is 1. The van der Waals surface area contributed by atoms with Crippen LogP contribution in [0, 0.1) is 23.7 Å². The molecular weight excluding hydrogens is 721 g/mol. The standard InChI is InChI=1S/C41H62N6O7S/c1-9-25(5)31(21-35(48)41-17-15-30(16-18-41)47(41)8)38(50)46(7)33(24(3)4)22-34(54-40(53)43-10-2)37-45-32(23-55-37)36(49)44-29(19-26(6)39(51)52)20-27-11-13-28(42)14-12-27/h11-14,23-26,29-31,33-34H,9-10,15-22,42H2,1-8H3,(H,43,53)(H,44,49)(H,51,52)/t25-,26-,29+,30?,31-,33+,34+,41?/m0/s1. The Hall–Kier alpha value is -4.04. The van der Waals surface area contributed by atoms with E-state index in [4.69, 9.17) is 10.5 Å². The Labute approximate surface area is 330 Å². The zero-order valence-electron chi connectivity index (χ0n) is 33.8. The molecule has 2 aromatic rings. The Bertz CT molecular complexity index is 1640. The van der Waals surface area contributed by atoms with Crippen molar-refractivity contribution in [2.45, 2.75) is 129 Å². The van der Waals surface area contributed by atoms with Gasteiger partial charge in [-0.2, -0.15) is 0 Å². The maximum Gasteiger partial charge on any atom is 0.407 e. The number of hydrogen-bond acceptors (Lipinski definition) is 10. The summed E-state index contributed by atoms with van der Waals surface area (Å²) in [5, 5.41) is 17.2. The van der Waals surface area contributed by atoms with E-state index in [0.29, 0.717) is 29.7 Å². The van der Waals surface area contributed by atoms with Crippen LogP contribution in [0.5, 0.6) is 0 Å². The lowest BCUT2D eigenvalue weighted by molar-refractivity contribution is -0.144. The minimum Gasteiger partial charge on any atom is -0.481 e. The van der Waals surface area contributed by atoms with E-state index in [1.165, 1.54) is 11.3 Å². The molecule has 2 aliphatic rings. The molecule has 2 bridgehead atoms. The summed E-state index contributed by atoms with van der Waals surface area (Å²) in [4.78, 5) is 75.3. The van der Waals surface area contributed by atoms with E-state index in [-0.39, 0.29) is 54.5 Å². The highest BCUT2D eigenvalue weighted by molar-refractivity contribution is 7.09. The van der Waals surface area contributed by atoms with Crippen molar-refractivity contribution in [1.29, 1.82) is 0 Å². The molecule has 2 fully saturated rings. The van der Waals surface area contributed by atoms with Crippen molar-refractivity contribution in [3.05, 3.63) is 45.9 Å². The molecule has 2 saturated heterocycles. The third-order valence-corrected chi connectivity index (χ3v) is 13.0. The van der Waals surface area contributed by atoms with E-state index in [1.54, 1.807) is 43.3 Å². The molecule has 13 nitrogen and oxygen atoms in total. The molecule has 4 rings (SSSR count). The molecule has 304 valence electrons. The number of carbonyl (C=O) groups is 5. The van der Waals surface area contributed by atoms with Crippen LogP contribution in [0.25, 0.3) is 0 Å². The number of carboxylic acid groups (broad SMARTS) is 1. The topological polar surface area (TPSA) is 184 Å². The highest BCUT2D eigenvalue weighted by Gasteiger charge is 2.54. The number of amides is 3. The lowest BCUT2D eigenvalue weighted by Gasteiger charge is -2.38. The van der Waals surface area contributed by atoms with Crippen LogP contribution >= 0.6 is 11.3 Å². The molecule has 2 aliphatic heterocycles. The first-order chi connectivity index (χ1) is 26.0. The predicted octanol–water partition coefficient (Wildman–Crippen LogP) is 6.09. The molecule has 3 heterocycles. The van der Waals surface area contributed by atoms with Crippen LogP contribution in [0.15, 0.2) is 29.6 Å². The number of alkyl carbamates (subject to hydrolysis) is 1. The number of benzene rings is 1. The van der Waals surface area contributed by atoms with Crippen molar-refractivity contribution in [3.8, 4) is 0 Å². The van der Waals surface area contributed by atoms with E-state index >= 15 is 0 Å². The Morgan fingerprint density at radius 2 is 1.73 bits per heavy atom. The fourth-order valence-corrected chi connectivity index (χ4v) is 9.19. The second-order valence-electron chi connectivity index (χ2n) is 16.1. The second kappa shape index (κ2) is 19.2. The maximum absolute atomic E-state index is 14.5. The predicted molar refractivity (Wildman–Crippen MR) is 214 cm³/mol. The molecular formula is C41H62N6O7S.